The van der Waals surface area contributed by atoms with E-state index in [4.69, 9.17) is 16.3 Å². The maximum Gasteiger partial charge on any atom is 0.450 e. The molecule has 0 amide bonds. The van der Waals surface area contributed by atoms with Crippen LogP contribution in [0.2, 0.25) is 5.02 Å². The molecule has 0 bridgehead atoms. The van der Waals surface area contributed by atoms with Crippen LogP contribution in [0.5, 0.6) is 5.75 Å². The van der Waals surface area contributed by atoms with Gasteiger partial charge in [-0.2, -0.15) is 13.2 Å². The average Bonchev–Trinajstić information content (AvgIpc) is 2.54. The van der Waals surface area contributed by atoms with Gasteiger partial charge in [0.1, 0.15) is 18.2 Å². The van der Waals surface area contributed by atoms with E-state index in [0.29, 0.717) is 0 Å². The molecule has 0 spiro atoms. The van der Waals surface area contributed by atoms with Crippen molar-refractivity contribution in [1.82, 2.24) is 0 Å². The van der Waals surface area contributed by atoms with Gasteiger partial charge >= 0.3 is 6.18 Å². The summed E-state index contributed by atoms with van der Waals surface area (Å²) < 4.78 is 55.4. The third-order valence-corrected chi connectivity index (χ3v) is 3.61. The Morgan fingerprint density at radius 1 is 1.04 bits per heavy atom. The molecule has 0 heterocycles. The second kappa shape index (κ2) is 7.65. The second-order valence-corrected chi connectivity index (χ2v) is 5.44. The predicted octanol–water partition coefficient (Wildman–Crippen LogP) is 4.76. The maximum atomic E-state index is 13.6. The minimum absolute atomic E-state index is 0.0612. The monoisotopic (exact) mass is 374 g/mol. The normalized spacial score (nSPS) is 11.2. The minimum Gasteiger partial charge on any atom is -0.489 e. The molecule has 8 heteroatoms. The van der Waals surface area contributed by atoms with E-state index in [1.54, 1.807) is 0 Å². The van der Waals surface area contributed by atoms with E-state index in [0.717, 1.165) is 0 Å². The molecular formula is C17H11ClF4O3. The molecule has 2 aromatic carbocycles. The number of halogens is 5. The Morgan fingerprint density at radius 2 is 1.68 bits per heavy atom. The van der Waals surface area contributed by atoms with Crippen molar-refractivity contribution < 1.29 is 31.9 Å². The molecule has 25 heavy (non-hydrogen) atoms. The van der Waals surface area contributed by atoms with E-state index in [1.165, 1.54) is 42.5 Å². The quantitative estimate of drug-likeness (QED) is 0.416. The largest absolute Gasteiger partial charge is 0.489 e. The molecule has 0 atom stereocenters. The Bertz CT molecular complexity index is 765. The fraction of sp³-hybridized carbons (Fsp3) is 0.176. The molecule has 0 aliphatic carbocycles. The van der Waals surface area contributed by atoms with E-state index < -0.39 is 30.0 Å². The second-order valence-electron chi connectivity index (χ2n) is 5.03. The number of alkyl halides is 3. The first-order valence-corrected chi connectivity index (χ1v) is 7.35. The van der Waals surface area contributed by atoms with Crippen LogP contribution in [0.25, 0.3) is 0 Å². The van der Waals surface area contributed by atoms with E-state index in [2.05, 4.69) is 0 Å². The van der Waals surface area contributed by atoms with Crippen molar-refractivity contribution in [1.29, 1.82) is 0 Å². The first kappa shape index (κ1) is 18.9. The summed E-state index contributed by atoms with van der Waals surface area (Å²) in [4.78, 5) is 22.5. The van der Waals surface area contributed by atoms with Gasteiger partial charge in [-0.25, -0.2) is 4.39 Å². The highest BCUT2D eigenvalue weighted by Crippen LogP contribution is 2.23. The fourth-order valence-electron chi connectivity index (χ4n) is 1.91. The number of hydrogen-bond acceptors (Lipinski definition) is 3. The standard InChI is InChI=1S/C17H11ClF4O3/c18-13-2-1-3-14(19)12(13)9-25-11-6-4-10(5-7-11)15(23)8-16(24)17(20,21)22/h1-7H,8-9H2. The van der Waals surface area contributed by atoms with Crippen molar-refractivity contribution in [2.75, 3.05) is 0 Å². The molecular weight excluding hydrogens is 364 g/mol. The van der Waals surface area contributed by atoms with Gasteiger partial charge in [0.2, 0.25) is 5.78 Å². The van der Waals surface area contributed by atoms with Crippen molar-refractivity contribution in [3.8, 4) is 5.75 Å². The van der Waals surface area contributed by atoms with Crippen LogP contribution in [0.15, 0.2) is 42.5 Å². The molecule has 0 N–H and O–H groups in total. The number of Topliss-reactive ketones (excluding diaryl/α,β-unsaturated/α-hetero) is 2. The van der Waals surface area contributed by atoms with Crippen LogP contribution in [-0.4, -0.2) is 17.7 Å². The molecule has 0 radical (unpaired) electrons. The molecule has 0 aliphatic heterocycles. The summed E-state index contributed by atoms with van der Waals surface area (Å²) in [6.07, 6.45) is -6.30. The van der Waals surface area contributed by atoms with Gasteiger partial charge in [-0.1, -0.05) is 17.7 Å². The summed E-state index contributed by atoms with van der Waals surface area (Å²) in [7, 11) is 0. The topological polar surface area (TPSA) is 43.4 Å². The van der Waals surface area contributed by atoms with Gasteiger partial charge in [0, 0.05) is 11.1 Å². The number of benzene rings is 2. The minimum atomic E-state index is -5.04. The van der Waals surface area contributed by atoms with E-state index in [1.807, 2.05) is 0 Å². The lowest BCUT2D eigenvalue weighted by Gasteiger charge is -2.09. The molecule has 0 aliphatic rings. The van der Waals surface area contributed by atoms with Gasteiger partial charge in [0.25, 0.3) is 0 Å². The molecule has 132 valence electrons. The number of carbonyl (C=O) groups is 2. The van der Waals surface area contributed by atoms with Crippen LogP contribution in [0.4, 0.5) is 17.6 Å². The Kier molecular flexibility index (Phi) is 5.79. The third kappa shape index (κ3) is 5.03. The Hall–Kier alpha value is -2.41. The zero-order chi connectivity index (χ0) is 18.6. The number of ketones is 2. The highest BCUT2D eigenvalue weighted by molar-refractivity contribution is 6.31. The first-order chi connectivity index (χ1) is 11.7. The summed E-state index contributed by atoms with van der Waals surface area (Å²) in [6, 6.07) is 9.30. The van der Waals surface area contributed by atoms with E-state index in [9.17, 15) is 27.2 Å². The number of ether oxygens (including phenoxy) is 1. The molecule has 0 saturated carbocycles. The SMILES string of the molecule is O=C(CC(=O)C(F)(F)F)c1ccc(OCc2c(F)cccc2Cl)cc1. The van der Waals surface area contributed by atoms with Crippen LogP contribution >= 0.6 is 11.6 Å². The predicted molar refractivity (Wildman–Crippen MR) is 82.2 cm³/mol. The highest BCUT2D eigenvalue weighted by Gasteiger charge is 2.39. The van der Waals surface area contributed by atoms with Crippen molar-refractivity contribution in [3.05, 3.63) is 64.4 Å². The molecule has 2 aromatic rings. The summed E-state index contributed by atoms with van der Waals surface area (Å²) in [6.45, 7) is -0.161. The lowest BCUT2D eigenvalue weighted by atomic mass is 10.1. The Balaban J connectivity index is 2.00. The van der Waals surface area contributed by atoms with Crippen molar-refractivity contribution >= 4 is 23.2 Å². The van der Waals surface area contributed by atoms with Gasteiger partial charge in [-0.3, -0.25) is 9.59 Å². The molecule has 0 aromatic heterocycles. The summed E-state index contributed by atoms with van der Waals surface area (Å²) in [5.74, 6) is -3.33. The van der Waals surface area contributed by atoms with Crippen molar-refractivity contribution in [2.45, 2.75) is 19.2 Å². The average molecular weight is 375 g/mol. The van der Waals surface area contributed by atoms with Crippen LogP contribution in [0.1, 0.15) is 22.3 Å². The number of hydrogen-bond donors (Lipinski definition) is 0. The zero-order valence-corrected chi connectivity index (χ0v) is 13.3. The Morgan fingerprint density at radius 3 is 2.24 bits per heavy atom. The molecule has 2 rings (SSSR count). The number of carbonyl (C=O) groups excluding carboxylic acids is 2. The van der Waals surface area contributed by atoms with Gasteiger partial charge in [-0.05, 0) is 36.4 Å². The van der Waals surface area contributed by atoms with Crippen LogP contribution in [0, 0.1) is 5.82 Å². The smallest absolute Gasteiger partial charge is 0.450 e. The van der Waals surface area contributed by atoms with Gasteiger partial charge in [0.05, 0.1) is 11.4 Å². The van der Waals surface area contributed by atoms with Gasteiger partial charge in [0.15, 0.2) is 5.78 Å². The lowest BCUT2D eigenvalue weighted by molar-refractivity contribution is -0.170. The molecule has 0 fully saturated rings. The maximum absolute atomic E-state index is 13.6. The summed E-state index contributed by atoms with van der Waals surface area (Å²) in [5, 5.41) is 0.192. The van der Waals surface area contributed by atoms with Gasteiger partial charge in [-0.15, -0.1) is 0 Å². The van der Waals surface area contributed by atoms with Crippen molar-refractivity contribution in [3.63, 3.8) is 0 Å². The highest BCUT2D eigenvalue weighted by atomic mass is 35.5. The Labute approximate surface area is 145 Å². The molecule has 0 saturated heterocycles. The first-order valence-electron chi connectivity index (χ1n) is 6.97. The van der Waals surface area contributed by atoms with Gasteiger partial charge < -0.3 is 4.74 Å². The molecule has 3 nitrogen and oxygen atoms in total. The lowest BCUT2D eigenvalue weighted by Crippen LogP contribution is -2.25. The summed E-state index contributed by atoms with van der Waals surface area (Å²) >= 11 is 5.86. The van der Waals surface area contributed by atoms with Crippen LogP contribution in [-0.2, 0) is 11.4 Å². The van der Waals surface area contributed by atoms with Crippen LogP contribution < -0.4 is 4.74 Å². The van der Waals surface area contributed by atoms with E-state index in [-0.39, 0.29) is 28.5 Å². The van der Waals surface area contributed by atoms with Crippen molar-refractivity contribution in [2.24, 2.45) is 0 Å². The fourth-order valence-corrected chi connectivity index (χ4v) is 2.13. The number of rotatable bonds is 6. The van der Waals surface area contributed by atoms with Crippen LogP contribution in [0.3, 0.4) is 0 Å². The third-order valence-electron chi connectivity index (χ3n) is 3.26. The summed E-state index contributed by atoms with van der Waals surface area (Å²) in [5.41, 5.74) is 0.0916. The molecule has 0 unspecified atom stereocenters. The zero-order valence-electron chi connectivity index (χ0n) is 12.6. The van der Waals surface area contributed by atoms with E-state index >= 15 is 0 Å².